The summed E-state index contributed by atoms with van der Waals surface area (Å²) in [6.07, 6.45) is 0. The summed E-state index contributed by atoms with van der Waals surface area (Å²) in [5.74, 6) is 2.21. The highest BCUT2D eigenvalue weighted by Gasteiger charge is 2.20. The zero-order valence-electron chi connectivity index (χ0n) is 11.7. The number of carbonyl (C=O) groups excluding carboxylic acids is 1. The van der Waals surface area contributed by atoms with E-state index in [1.54, 1.807) is 0 Å². The minimum Gasteiger partial charge on any atom is -0.327 e. The van der Waals surface area contributed by atoms with Gasteiger partial charge in [0.25, 0.3) is 0 Å². The van der Waals surface area contributed by atoms with Gasteiger partial charge in [-0.05, 0) is 24.6 Å². The molecule has 1 amide bonds. The molecule has 0 radical (unpaired) electrons. The van der Waals surface area contributed by atoms with Gasteiger partial charge in [-0.15, -0.1) is 35.9 Å². The lowest BCUT2D eigenvalue weighted by Gasteiger charge is -2.16. The first kappa shape index (κ1) is 17.7. The van der Waals surface area contributed by atoms with E-state index in [1.807, 2.05) is 49.5 Å². The quantitative estimate of drug-likeness (QED) is 0.886. The Morgan fingerprint density at radius 1 is 1.35 bits per heavy atom. The summed E-state index contributed by atoms with van der Waals surface area (Å²) < 4.78 is 0.503. The predicted octanol–water partition coefficient (Wildman–Crippen LogP) is 3.51. The van der Waals surface area contributed by atoms with Crippen LogP contribution in [-0.4, -0.2) is 23.5 Å². The molecule has 0 bridgehead atoms. The van der Waals surface area contributed by atoms with Gasteiger partial charge in [0.05, 0.1) is 10.5 Å². The summed E-state index contributed by atoms with van der Waals surface area (Å²) in [5, 5.41) is 2.95. The maximum absolute atomic E-state index is 12.0. The normalized spacial score (nSPS) is 18.1. The third-order valence-corrected chi connectivity index (χ3v) is 6.35. The van der Waals surface area contributed by atoms with Crippen LogP contribution in [-0.2, 0) is 4.79 Å². The maximum atomic E-state index is 12.0. The van der Waals surface area contributed by atoms with E-state index in [4.69, 9.17) is 5.73 Å². The van der Waals surface area contributed by atoms with Crippen LogP contribution in [0.15, 0.2) is 24.3 Å². The summed E-state index contributed by atoms with van der Waals surface area (Å²) in [7, 11) is 0. The van der Waals surface area contributed by atoms with Crippen LogP contribution in [0.25, 0.3) is 0 Å². The second-order valence-corrected chi connectivity index (χ2v) is 7.56. The number of carbonyl (C=O) groups is 1. The second-order valence-electron chi connectivity index (χ2n) is 4.84. The van der Waals surface area contributed by atoms with Crippen molar-refractivity contribution in [2.75, 3.05) is 16.8 Å². The molecule has 0 aromatic heterocycles. The van der Waals surface area contributed by atoms with Gasteiger partial charge in [0.15, 0.2) is 0 Å². The SMILES string of the molecule is CC(N)C(C)C(=O)Nc1cccc(C2SCCS2)c1.Cl. The standard InChI is InChI=1S/C14H20N2OS2.ClH/c1-9(10(2)15)13(17)16-12-5-3-4-11(8-12)14-18-6-7-19-14;/h3-5,8-10,14H,6-7,15H2,1-2H3,(H,16,17);1H. The molecule has 2 unspecified atom stereocenters. The van der Waals surface area contributed by atoms with E-state index >= 15 is 0 Å². The topological polar surface area (TPSA) is 55.1 Å². The average Bonchev–Trinajstić information content (AvgIpc) is 2.91. The van der Waals surface area contributed by atoms with E-state index in [1.165, 1.54) is 17.1 Å². The van der Waals surface area contributed by atoms with Gasteiger partial charge < -0.3 is 11.1 Å². The minimum atomic E-state index is -0.182. The number of halogens is 1. The van der Waals surface area contributed by atoms with Crippen LogP contribution in [0.5, 0.6) is 0 Å². The molecule has 1 aromatic carbocycles. The molecule has 3 nitrogen and oxygen atoms in total. The Bertz CT molecular complexity index is 451. The van der Waals surface area contributed by atoms with Crippen LogP contribution < -0.4 is 11.1 Å². The fourth-order valence-electron chi connectivity index (χ4n) is 1.81. The number of benzene rings is 1. The highest BCUT2D eigenvalue weighted by atomic mass is 35.5. The number of amides is 1. The molecule has 1 fully saturated rings. The van der Waals surface area contributed by atoms with E-state index in [9.17, 15) is 4.79 Å². The molecule has 1 heterocycles. The lowest BCUT2D eigenvalue weighted by molar-refractivity contribution is -0.119. The second kappa shape index (κ2) is 8.17. The van der Waals surface area contributed by atoms with E-state index in [0.29, 0.717) is 4.58 Å². The van der Waals surface area contributed by atoms with Crippen molar-refractivity contribution in [2.45, 2.75) is 24.5 Å². The van der Waals surface area contributed by atoms with E-state index in [-0.39, 0.29) is 30.3 Å². The van der Waals surface area contributed by atoms with E-state index in [2.05, 4.69) is 17.4 Å². The summed E-state index contributed by atoms with van der Waals surface area (Å²) in [6.45, 7) is 3.71. The predicted molar refractivity (Wildman–Crippen MR) is 92.8 cm³/mol. The molecule has 1 aromatic rings. The zero-order chi connectivity index (χ0) is 13.8. The molecule has 1 saturated heterocycles. The molecule has 1 aliphatic heterocycles. The van der Waals surface area contributed by atoms with Crippen molar-refractivity contribution < 1.29 is 4.79 Å². The number of thioether (sulfide) groups is 2. The van der Waals surface area contributed by atoms with Crippen LogP contribution >= 0.6 is 35.9 Å². The lowest BCUT2D eigenvalue weighted by atomic mass is 10.0. The van der Waals surface area contributed by atoms with Crippen molar-refractivity contribution in [1.82, 2.24) is 0 Å². The molecule has 112 valence electrons. The molecule has 0 spiro atoms. The maximum Gasteiger partial charge on any atom is 0.228 e. The van der Waals surface area contributed by atoms with Crippen molar-refractivity contribution in [2.24, 2.45) is 11.7 Å². The monoisotopic (exact) mass is 332 g/mol. The van der Waals surface area contributed by atoms with Gasteiger partial charge in [-0.2, -0.15) is 0 Å². The van der Waals surface area contributed by atoms with Gasteiger partial charge in [0, 0.05) is 23.2 Å². The first-order chi connectivity index (χ1) is 9.08. The van der Waals surface area contributed by atoms with E-state index < -0.39 is 0 Å². The molecular formula is C14H21ClN2OS2. The largest absolute Gasteiger partial charge is 0.327 e. The smallest absolute Gasteiger partial charge is 0.228 e. The number of hydrogen-bond donors (Lipinski definition) is 2. The summed E-state index contributed by atoms with van der Waals surface area (Å²) in [4.78, 5) is 12.0. The van der Waals surface area contributed by atoms with Gasteiger partial charge in [-0.25, -0.2) is 0 Å². The van der Waals surface area contributed by atoms with Crippen molar-refractivity contribution in [1.29, 1.82) is 0 Å². The number of nitrogens with two attached hydrogens (primary N) is 1. The Kier molecular flexibility index (Phi) is 7.23. The van der Waals surface area contributed by atoms with Gasteiger partial charge in [-0.1, -0.05) is 19.1 Å². The highest BCUT2D eigenvalue weighted by molar-refractivity contribution is 8.19. The minimum absolute atomic E-state index is 0. The van der Waals surface area contributed by atoms with Crippen molar-refractivity contribution in [3.8, 4) is 0 Å². The van der Waals surface area contributed by atoms with Crippen molar-refractivity contribution in [3.05, 3.63) is 29.8 Å². The number of rotatable bonds is 4. The summed E-state index contributed by atoms with van der Waals surface area (Å²) >= 11 is 3.93. The van der Waals surface area contributed by atoms with Gasteiger partial charge in [-0.3, -0.25) is 4.79 Å². The third-order valence-electron chi connectivity index (χ3n) is 3.25. The molecule has 3 N–H and O–H groups in total. The Balaban J connectivity index is 0.00000200. The number of anilines is 1. The van der Waals surface area contributed by atoms with Crippen LogP contribution in [0.2, 0.25) is 0 Å². The summed E-state index contributed by atoms with van der Waals surface area (Å²) in [6, 6.07) is 7.99. The molecule has 2 atom stereocenters. The van der Waals surface area contributed by atoms with Crippen LogP contribution in [0.4, 0.5) is 5.69 Å². The summed E-state index contributed by atoms with van der Waals surface area (Å²) in [5.41, 5.74) is 7.89. The lowest BCUT2D eigenvalue weighted by Crippen LogP contribution is -2.34. The Morgan fingerprint density at radius 3 is 2.60 bits per heavy atom. The average molecular weight is 333 g/mol. The zero-order valence-corrected chi connectivity index (χ0v) is 14.1. The Labute approximate surface area is 135 Å². The van der Waals surface area contributed by atoms with Gasteiger partial charge >= 0.3 is 0 Å². The van der Waals surface area contributed by atoms with Gasteiger partial charge in [0.1, 0.15) is 0 Å². The Morgan fingerprint density at radius 2 is 2.00 bits per heavy atom. The first-order valence-electron chi connectivity index (χ1n) is 6.47. The molecular weight excluding hydrogens is 312 g/mol. The van der Waals surface area contributed by atoms with Crippen LogP contribution in [0.1, 0.15) is 24.0 Å². The Hall–Kier alpha value is -0.360. The van der Waals surface area contributed by atoms with Crippen molar-refractivity contribution >= 4 is 47.5 Å². The van der Waals surface area contributed by atoms with Gasteiger partial charge in [0.2, 0.25) is 5.91 Å². The number of hydrogen-bond acceptors (Lipinski definition) is 4. The third kappa shape index (κ3) is 4.58. The van der Waals surface area contributed by atoms with Crippen LogP contribution in [0, 0.1) is 5.92 Å². The molecule has 2 rings (SSSR count). The van der Waals surface area contributed by atoms with Crippen molar-refractivity contribution in [3.63, 3.8) is 0 Å². The first-order valence-corrected chi connectivity index (χ1v) is 8.57. The molecule has 1 aliphatic rings. The highest BCUT2D eigenvalue weighted by Crippen LogP contribution is 2.45. The van der Waals surface area contributed by atoms with Crippen LogP contribution in [0.3, 0.4) is 0 Å². The fraction of sp³-hybridized carbons (Fsp3) is 0.500. The molecule has 0 saturated carbocycles. The fourth-order valence-corrected chi connectivity index (χ4v) is 4.65. The molecule has 20 heavy (non-hydrogen) atoms. The molecule has 6 heteroatoms. The molecule has 0 aliphatic carbocycles. The number of nitrogens with one attached hydrogen (secondary N) is 1. The van der Waals surface area contributed by atoms with E-state index in [0.717, 1.165) is 5.69 Å².